The second-order valence-electron chi connectivity index (χ2n) is 3.49. The lowest BCUT2D eigenvalue weighted by atomic mass is 10.3. The molecule has 0 fully saturated rings. The summed E-state index contributed by atoms with van der Waals surface area (Å²) in [6.45, 7) is 0.781. The van der Waals surface area contributed by atoms with Gasteiger partial charge in [-0.3, -0.25) is 0 Å². The van der Waals surface area contributed by atoms with Gasteiger partial charge >= 0.3 is 5.97 Å². The van der Waals surface area contributed by atoms with Crippen LogP contribution in [0.3, 0.4) is 0 Å². The Morgan fingerprint density at radius 1 is 1.47 bits per heavy atom. The first-order chi connectivity index (χ1) is 8.25. The first-order valence-corrected chi connectivity index (χ1v) is 6.09. The molecular formula is C12H12N2O2S. The van der Waals surface area contributed by atoms with Gasteiger partial charge in [0.25, 0.3) is 0 Å². The lowest BCUT2D eigenvalue weighted by Crippen LogP contribution is -2.06. The highest BCUT2D eigenvalue weighted by atomic mass is 32.1. The van der Waals surface area contributed by atoms with Gasteiger partial charge in [0, 0.05) is 23.3 Å². The summed E-state index contributed by atoms with van der Waals surface area (Å²) in [7, 11) is 0. The number of carboxylic acid groups (broad SMARTS) is 1. The standard InChI is InChI=1S/C12H12N2O2S/c15-12(16)11-8-9(3-5-14-11)13-6-4-10-2-1-7-17-10/h1-3,5,7-8H,4,6H2,(H,13,14)(H,15,16). The average molecular weight is 248 g/mol. The van der Waals surface area contributed by atoms with Crippen LogP contribution in [0.4, 0.5) is 5.69 Å². The number of hydrogen-bond acceptors (Lipinski definition) is 4. The van der Waals surface area contributed by atoms with E-state index in [0.29, 0.717) is 0 Å². The van der Waals surface area contributed by atoms with Crippen molar-refractivity contribution in [3.63, 3.8) is 0 Å². The van der Waals surface area contributed by atoms with Gasteiger partial charge < -0.3 is 10.4 Å². The lowest BCUT2D eigenvalue weighted by Gasteiger charge is -2.05. The van der Waals surface area contributed by atoms with Gasteiger partial charge in [0.15, 0.2) is 0 Å². The van der Waals surface area contributed by atoms with Crippen molar-refractivity contribution in [1.82, 2.24) is 4.98 Å². The minimum atomic E-state index is -1.01. The summed E-state index contributed by atoms with van der Waals surface area (Å²) in [6.07, 6.45) is 2.43. The zero-order chi connectivity index (χ0) is 12.1. The van der Waals surface area contributed by atoms with Crippen molar-refractivity contribution >= 4 is 23.0 Å². The van der Waals surface area contributed by atoms with Crippen LogP contribution in [0.5, 0.6) is 0 Å². The van der Waals surface area contributed by atoms with Crippen LogP contribution in [0.15, 0.2) is 35.8 Å². The number of nitrogens with one attached hydrogen (secondary N) is 1. The molecule has 2 aromatic heterocycles. The quantitative estimate of drug-likeness (QED) is 0.853. The van der Waals surface area contributed by atoms with Gasteiger partial charge in [0.2, 0.25) is 0 Å². The number of rotatable bonds is 5. The van der Waals surface area contributed by atoms with Crippen molar-refractivity contribution in [3.8, 4) is 0 Å². The van der Waals surface area contributed by atoms with Gasteiger partial charge in [-0.1, -0.05) is 6.07 Å². The molecular weight excluding hydrogens is 236 g/mol. The van der Waals surface area contributed by atoms with Crippen molar-refractivity contribution in [2.75, 3.05) is 11.9 Å². The molecule has 0 amide bonds. The normalized spacial score (nSPS) is 10.1. The molecule has 4 nitrogen and oxygen atoms in total. The first kappa shape index (κ1) is 11.6. The monoisotopic (exact) mass is 248 g/mol. The Bertz CT molecular complexity index is 497. The SMILES string of the molecule is O=C(O)c1cc(NCCc2cccs2)ccn1. The number of carboxylic acids is 1. The van der Waals surface area contributed by atoms with Gasteiger partial charge in [-0.05, 0) is 30.0 Å². The van der Waals surface area contributed by atoms with Crippen LogP contribution >= 0.6 is 11.3 Å². The minimum Gasteiger partial charge on any atom is -0.477 e. The Morgan fingerprint density at radius 3 is 3.06 bits per heavy atom. The molecule has 2 aromatic rings. The second-order valence-corrected chi connectivity index (χ2v) is 4.52. The minimum absolute atomic E-state index is 0.0612. The first-order valence-electron chi connectivity index (χ1n) is 5.21. The Kier molecular flexibility index (Phi) is 3.72. The molecule has 0 radical (unpaired) electrons. The fraction of sp³-hybridized carbons (Fsp3) is 0.167. The van der Waals surface area contributed by atoms with E-state index in [9.17, 15) is 4.79 Å². The molecule has 17 heavy (non-hydrogen) atoms. The third-order valence-corrected chi connectivity index (χ3v) is 3.20. The van der Waals surface area contributed by atoms with Crippen molar-refractivity contribution < 1.29 is 9.90 Å². The van der Waals surface area contributed by atoms with Gasteiger partial charge in [-0.25, -0.2) is 9.78 Å². The molecule has 88 valence electrons. The molecule has 0 aliphatic rings. The highest BCUT2D eigenvalue weighted by Gasteiger charge is 2.04. The molecule has 2 N–H and O–H groups in total. The summed E-state index contributed by atoms with van der Waals surface area (Å²) < 4.78 is 0. The van der Waals surface area contributed by atoms with E-state index >= 15 is 0 Å². The fourth-order valence-corrected chi connectivity index (χ4v) is 2.15. The molecule has 0 bridgehead atoms. The molecule has 0 unspecified atom stereocenters. The predicted octanol–water partition coefficient (Wildman–Crippen LogP) is 2.50. The van der Waals surface area contributed by atoms with E-state index in [1.807, 2.05) is 11.4 Å². The number of pyridine rings is 1. The Labute approximate surface area is 103 Å². The molecule has 0 atom stereocenters. The maximum atomic E-state index is 10.7. The molecule has 0 aliphatic carbocycles. The maximum Gasteiger partial charge on any atom is 0.354 e. The smallest absolute Gasteiger partial charge is 0.354 e. The van der Waals surface area contributed by atoms with E-state index in [1.165, 1.54) is 17.1 Å². The Hall–Kier alpha value is -1.88. The van der Waals surface area contributed by atoms with Crippen LogP contribution in [0.1, 0.15) is 15.4 Å². The topological polar surface area (TPSA) is 62.2 Å². The predicted molar refractivity (Wildman–Crippen MR) is 67.7 cm³/mol. The number of thiophene rings is 1. The maximum absolute atomic E-state index is 10.7. The molecule has 2 heterocycles. The van der Waals surface area contributed by atoms with Crippen LogP contribution < -0.4 is 5.32 Å². The summed E-state index contributed by atoms with van der Waals surface area (Å²) in [5, 5.41) is 14.0. The Morgan fingerprint density at radius 2 is 2.35 bits per heavy atom. The molecule has 0 saturated carbocycles. The highest BCUT2D eigenvalue weighted by molar-refractivity contribution is 7.09. The number of anilines is 1. The number of aromatic nitrogens is 1. The zero-order valence-corrected chi connectivity index (χ0v) is 9.91. The molecule has 2 rings (SSSR count). The van der Waals surface area contributed by atoms with Crippen LogP contribution in [-0.2, 0) is 6.42 Å². The number of carbonyl (C=O) groups is 1. The summed E-state index contributed by atoms with van der Waals surface area (Å²) >= 11 is 1.72. The molecule has 0 saturated heterocycles. The highest BCUT2D eigenvalue weighted by Crippen LogP contribution is 2.11. The van der Waals surface area contributed by atoms with Crippen molar-refractivity contribution in [1.29, 1.82) is 0 Å². The number of nitrogens with zero attached hydrogens (tertiary/aromatic N) is 1. The van der Waals surface area contributed by atoms with Gasteiger partial charge in [0.05, 0.1) is 0 Å². The molecule has 5 heteroatoms. The van der Waals surface area contributed by atoms with Gasteiger partial charge in [-0.15, -0.1) is 11.3 Å². The van der Waals surface area contributed by atoms with E-state index in [1.54, 1.807) is 17.4 Å². The summed E-state index contributed by atoms with van der Waals surface area (Å²) in [5.74, 6) is -1.01. The van der Waals surface area contributed by atoms with Crippen molar-refractivity contribution in [2.45, 2.75) is 6.42 Å². The lowest BCUT2D eigenvalue weighted by molar-refractivity contribution is 0.0690. The van der Waals surface area contributed by atoms with Crippen molar-refractivity contribution in [3.05, 3.63) is 46.4 Å². The number of hydrogen-bond donors (Lipinski definition) is 2. The van der Waals surface area contributed by atoms with E-state index < -0.39 is 5.97 Å². The van der Waals surface area contributed by atoms with Crippen LogP contribution in [-0.4, -0.2) is 22.6 Å². The fourth-order valence-electron chi connectivity index (χ4n) is 1.44. The van der Waals surface area contributed by atoms with Crippen molar-refractivity contribution in [2.24, 2.45) is 0 Å². The second kappa shape index (κ2) is 5.45. The van der Waals surface area contributed by atoms with E-state index in [0.717, 1.165) is 18.7 Å². The van der Waals surface area contributed by atoms with Gasteiger partial charge in [-0.2, -0.15) is 0 Å². The molecule has 0 aromatic carbocycles. The summed E-state index contributed by atoms with van der Waals surface area (Å²) in [5.41, 5.74) is 0.847. The van der Waals surface area contributed by atoms with E-state index in [4.69, 9.17) is 5.11 Å². The largest absolute Gasteiger partial charge is 0.477 e. The molecule has 0 spiro atoms. The zero-order valence-electron chi connectivity index (χ0n) is 9.09. The van der Waals surface area contributed by atoms with Crippen LogP contribution in [0, 0.1) is 0 Å². The molecule has 0 aliphatic heterocycles. The van der Waals surface area contributed by atoms with Crippen LogP contribution in [0.2, 0.25) is 0 Å². The van der Waals surface area contributed by atoms with Crippen LogP contribution in [0.25, 0.3) is 0 Å². The summed E-state index contributed by atoms with van der Waals surface area (Å²) in [6, 6.07) is 7.41. The van der Waals surface area contributed by atoms with E-state index in [-0.39, 0.29) is 5.69 Å². The Balaban J connectivity index is 1.90. The summed E-state index contributed by atoms with van der Waals surface area (Å²) in [4.78, 5) is 15.8. The van der Waals surface area contributed by atoms with E-state index in [2.05, 4.69) is 16.4 Å². The number of aromatic carboxylic acids is 1. The average Bonchev–Trinajstić information content (AvgIpc) is 2.82. The van der Waals surface area contributed by atoms with Gasteiger partial charge in [0.1, 0.15) is 5.69 Å². The third kappa shape index (κ3) is 3.29. The third-order valence-electron chi connectivity index (χ3n) is 2.26.